The molecule has 0 radical (unpaired) electrons. The monoisotopic (exact) mass is 369 g/mol. The Kier molecular flexibility index (Phi) is 5.90. The summed E-state index contributed by atoms with van der Waals surface area (Å²) in [5, 5.41) is 6.92. The second-order valence-corrected chi connectivity index (χ2v) is 6.81. The molecule has 0 saturated heterocycles. The number of rotatable bonds is 6. The Balaban J connectivity index is 2.12. The molecule has 1 atom stereocenters. The number of methoxy groups -OCH3 is 2. The lowest BCUT2D eigenvalue weighted by molar-refractivity contribution is -0.116. The maximum absolute atomic E-state index is 12.3. The smallest absolute Gasteiger partial charge is 0.248 e. The number of nitrogens with zero attached hydrogens (tertiary/aromatic N) is 1. The van der Waals surface area contributed by atoms with Gasteiger partial charge in [-0.3, -0.25) is 4.79 Å². The molecule has 1 aromatic carbocycles. The molecule has 6 nitrogen and oxygen atoms in total. The fourth-order valence-electron chi connectivity index (χ4n) is 2.01. The molecule has 2 aromatic rings. The molecule has 24 heavy (non-hydrogen) atoms. The van der Waals surface area contributed by atoms with Crippen molar-refractivity contribution in [1.82, 2.24) is 4.98 Å². The van der Waals surface area contributed by atoms with Gasteiger partial charge in [-0.25, -0.2) is 4.98 Å². The molecule has 0 aliphatic heterocycles. The number of amides is 1. The average molecular weight is 370 g/mol. The zero-order valence-corrected chi connectivity index (χ0v) is 15.8. The van der Waals surface area contributed by atoms with Crippen molar-refractivity contribution in [2.45, 2.75) is 26.8 Å². The van der Waals surface area contributed by atoms with Gasteiger partial charge in [0, 0.05) is 10.9 Å². The number of carbonyl (C=O) groups excluding carboxylic acids is 1. The highest BCUT2D eigenvalue weighted by Gasteiger charge is 2.18. The van der Waals surface area contributed by atoms with Crippen LogP contribution < -0.4 is 20.1 Å². The molecule has 0 aliphatic rings. The van der Waals surface area contributed by atoms with Crippen LogP contribution in [0.3, 0.4) is 0 Å². The summed E-state index contributed by atoms with van der Waals surface area (Å²) in [5.74, 6) is 0.847. The van der Waals surface area contributed by atoms with E-state index < -0.39 is 6.04 Å². The number of carbonyl (C=O) groups is 1. The summed E-state index contributed by atoms with van der Waals surface area (Å²) in [6.45, 7) is 5.63. The minimum absolute atomic E-state index is 0.197. The zero-order chi connectivity index (χ0) is 17.9. The van der Waals surface area contributed by atoms with Gasteiger partial charge >= 0.3 is 0 Å². The van der Waals surface area contributed by atoms with Crippen LogP contribution in [0.4, 0.5) is 10.8 Å². The van der Waals surface area contributed by atoms with Crippen LogP contribution in [0.25, 0.3) is 0 Å². The molecule has 8 heteroatoms. The number of anilines is 2. The van der Waals surface area contributed by atoms with E-state index in [-0.39, 0.29) is 5.91 Å². The van der Waals surface area contributed by atoms with Crippen molar-refractivity contribution in [1.29, 1.82) is 0 Å². The lowest BCUT2D eigenvalue weighted by Gasteiger charge is -2.18. The van der Waals surface area contributed by atoms with Crippen LogP contribution in [0.2, 0.25) is 5.02 Å². The Labute approximate surface area is 150 Å². The summed E-state index contributed by atoms with van der Waals surface area (Å²) in [7, 11) is 3.07. The Hall–Kier alpha value is -1.99. The molecule has 2 rings (SSSR count). The Morgan fingerprint density at radius 2 is 1.92 bits per heavy atom. The normalized spacial score (nSPS) is 11.8. The molecule has 0 spiro atoms. The highest BCUT2D eigenvalue weighted by Crippen LogP contribution is 2.36. The molecule has 0 fully saturated rings. The van der Waals surface area contributed by atoms with E-state index in [1.807, 2.05) is 13.8 Å². The van der Waals surface area contributed by atoms with E-state index in [4.69, 9.17) is 21.1 Å². The van der Waals surface area contributed by atoms with Gasteiger partial charge in [0.2, 0.25) is 5.91 Å². The maximum Gasteiger partial charge on any atom is 0.248 e. The number of ether oxygens (including phenoxy) is 2. The van der Waals surface area contributed by atoms with Gasteiger partial charge in [0.05, 0.1) is 30.6 Å². The first kappa shape index (κ1) is 18.4. The third-order valence-corrected chi connectivity index (χ3v) is 4.78. The number of aromatic nitrogens is 1. The fourth-order valence-corrected chi connectivity index (χ4v) is 3.07. The second kappa shape index (κ2) is 7.72. The molecule has 1 heterocycles. The summed E-state index contributed by atoms with van der Waals surface area (Å²) in [4.78, 5) is 17.7. The predicted octanol–water partition coefficient (Wildman–Crippen LogP) is 3.87. The van der Waals surface area contributed by atoms with Crippen molar-refractivity contribution in [3.05, 3.63) is 27.7 Å². The van der Waals surface area contributed by atoms with Gasteiger partial charge in [0.25, 0.3) is 0 Å². The first-order valence-corrected chi connectivity index (χ1v) is 8.48. The molecule has 130 valence electrons. The highest BCUT2D eigenvalue weighted by atomic mass is 35.5. The fraction of sp³-hybridized carbons (Fsp3) is 0.375. The number of aryl methyl sites for hydroxylation is 2. The lowest BCUT2D eigenvalue weighted by Crippen LogP contribution is -2.32. The van der Waals surface area contributed by atoms with Crippen molar-refractivity contribution in [2.75, 3.05) is 24.9 Å². The first-order valence-electron chi connectivity index (χ1n) is 7.28. The SMILES string of the molecule is COc1cc(OC)c(NC(C)C(=O)Nc2nc(C)c(C)s2)cc1Cl. The van der Waals surface area contributed by atoms with Gasteiger partial charge in [-0.15, -0.1) is 11.3 Å². The molecule has 0 aliphatic carbocycles. The molecule has 1 unspecified atom stereocenters. The lowest BCUT2D eigenvalue weighted by atomic mass is 10.2. The largest absolute Gasteiger partial charge is 0.495 e. The van der Waals surface area contributed by atoms with Gasteiger partial charge in [0.1, 0.15) is 17.5 Å². The molecular formula is C16H20ClN3O3S. The maximum atomic E-state index is 12.3. The topological polar surface area (TPSA) is 72.5 Å². The third-order valence-electron chi connectivity index (χ3n) is 3.50. The van der Waals surface area contributed by atoms with Crippen LogP contribution in [0, 0.1) is 13.8 Å². The van der Waals surface area contributed by atoms with Crippen LogP contribution in [-0.2, 0) is 4.79 Å². The quantitative estimate of drug-likeness (QED) is 0.808. The molecule has 2 N–H and O–H groups in total. The van der Waals surface area contributed by atoms with Crippen LogP contribution in [-0.4, -0.2) is 31.2 Å². The number of thiazole rings is 1. The van der Waals surface area contributed by atoms with Crippen molar-refractivity contribution in [3.8, 4) is 11.5 Å². The Morgan fingerprint density at radius 3 is 2.46 bits per heavy atom. The van der Waals surface area contributed by atoms with Crippen molar-refractivity contribution in [2.24, 2.45) is 0 Å². The van der Waals surface area contributed by atoms with Gasteiger partial charge in [-0.2, -0.15) is 0 Å². The summed E-state index contributed by atoms with van der Waals surface area (Å²) >= 11 is 7.59. The van der Waals surface area contributed by atoms with Crippen LogP contribution in [0.15, 0.2) is 12.1 Å². The number of hydrogen-bond acceptors (Lipinski definition) is 6. The van der Waals surface area contributed by atoms with Crippen molar-refractivity contribution < 1.29 is 14.3 Å². The van der Waals surface area contributed by atoms with E-state index in [9.17, 15) is 4.79 Å². The predicted molar refractivity (Wildman–Crippen MR) is 97.9 cm³/mol. The van der Waals surface area contributed by atoms with E-state index in [0.717, 1.165) is 10.6 Å². The number of nitrogens with one attached hydrogen (secondary N) is 2. The van der Waals surface area contributed by atoms with E-state index in [1.165, 1.54) is 18.4 Å². The Bertz CT molecular complexity index is 729. The Morgan fingerprint density at radius 1 is 1.25 bits per heavy atom. The molecular weight excluding hydrogens is 350 g/mol. The minimum Gasteiger partial charge on any atom is -0.495 e. The van der Waals surface area contributed by atoms with Crippen molar-refractivity contribution in [3.63, 3.8) is 0 Å². The second-order valence-electron chi connectivity index (χ2n) is 5.20. The van der Waals surface area contributed by atoms with Crippen LogP contribution >= 0.6 is 22.9 Å². The van der Waals surface area contributed by atoms with E-state index in [1.54, 1.807) is 26.2 Å². The summed E-state index contributed by atoms with van der Waals surface area (Å²) in [5.41, 5.74) is 1.52. The van der Waals surface area contributed by atoms with Crippen LogP contribution in [0.1, 0.15) is 17.5 Å². The average Bonchev–Trinajstić information content (AvgIpc) is 2.85. The van der Waals surface area contributed by atoms with Gasteiger partial charge in [0.15, 0.2) is 5.13 Å². The van der Waals surface area contributed by atoms with Crippen LogP contribution in [0.5, 0.6) is 11.5 Å². The summed E-state index contributed by atoms with van der Waals surface area (Å²) < 4.78 is 10.5. The van der Waals surface area contributed by atoms with Crippen molar-refractivity contribution >= 4 is 39.7 Å². The molecule has 1 aromatic heterocycles. The minimum atomic E-state index is -0.507. The van der Waals surface area contributed by atoms with Gasteiger partial charge in [-0.05, 0) is 26.8 Å². The number of hydrogen-bond donors (Lipinski definition) is 2. The zero-order valence-electron chi connectivity index (χ0n) is 14.2. The van der Waals surface area contributed by atoms with E-state index in [0.29, 0.717) is 27.3 Å². The third kappa shape index (κ3) is 4.10. The molecule has 1 amide bonds. The standard InChI is InChI=1S/C16H20ClN3O3S/c1-8-10(3)24-16(19-8)20-15(21)9(2)18-12-6-11(17)13(22-4)7-14(12)23-5/h6-7,9,18H,1-5H3,(H,19,20,21). The molecule has 0 bridgehead atoms. The number of benzene rings is 1. The summed E-state index contributed by atoms with van der Waals surface area (Å²) in [6.07, 6.45) is 0. The first-order chi connectivity index (χ1) is 11.3. The van der Waals surface area contributed by atoms with E-state index in [2.05, 4.69) is 15.6 Å². The summed E-state index contributed by atoms with van der Waals surface area (Å²) in [6, 6.07) is 2.83. The number of halogens is 1. The van der Waals surface area contributed by atoms with Gasteiger partial charge in [-0.1, -0.05) is 11.6 Å². The highest BCUT2D eigenvalue weighted by molar-refractivity contribution is 7.15. The molecule has 0 saturated carbocycles. The van der Waals surface area contributed by atoms with E-state index >= 15 is 0 Å². The van der Waals surface area contributed by atoms with Gasteiger partial charge < -0.3 is 20.1 Å².